The zero-order valence-corrected chi connectivity index (χ0v) is 18.2. The van der Waals surface area contributed by atoms with Gasteiger partial charge in [-0.05, 0) is 61.6 Å². The molecule has 2 aliphatic heterocycles. The van der Waals surface area contributed by atoms with Gasteiger partial charge in [-0.3, -0.25) is 0 Å². The largest absolute Gasteiger partial charge is 0.497 e. The second kappa shape index (κ2) is 9.83. The number of aliphatic imine (C=N–C) groups is 1. The number of benzene rings is 1. The van der Waals surface area contributed by atoms with Gasteiger partial charge in [-0.15, -0.1) is 0 Å². The normalized spacial score (nSPS) is 19.4. The first-order valence-corrected chi connectivity index (χ1v) is 11.1. The van der Waals surface area contributed by atoms with Crippen LogP contribution in [0.3, 0.4) is 0 Å². The van der Waals surface area contributed by atoms with Crippen LogP contribution >= 0.6 is 0 Å². The van der Waals surface area contributed by atoms with Crippen molar-refractivity contribution in [2.75, 3.05) is 44.7 Å². The Morgan fingerprint density at radius 3 is 2.70 bits per heavy atom. The maximum Gasteiger partial charge on any atom is 0.194 e. The standard InChI is InChI=1S/C24H33N5O/c1-3-25-24(27-17-19-10-12-26-23(16-19)28-13-4-5-14-28)29-15-11-21(18-29)20-6-8-22(30-2)9-7-20/h6-10,12,16,21H,3-5,11,13-15,17-18H2,1-2H3,(H,25,27). The van der Waals surface area contributed by atoms with E-state index in [1.165, 1.54) is 24.0 Å². The van der Waals surface area contributed by atoms with Gasteiger partial charge in [0.25, 0.3) is 0 Å². The van der Waals surface area contributed by atoms with E-state index in [-0.39, 0.29) is 0 Å². The van der Waals surface area contributed by atoms with Crippen LogP contribution in [0.5, 0.6) is 5.75 Å². The van der Waals surface area contributed by atoms with E-state index in [4.69, 9.17) is 9.73 Å². The average molecular weight is 408 g/mol. The zero-order valence-electron chi connectivity index (χ0n) is 18.2. The molecule has 2 aromatic rings. The van der Waals surface area contributed by atoms with Gasteiger partial charge in [-0.2, -0.15) is 0 Å². The minimum absolute atomic E-state index is 0.530. The summed E-state index contributed by atoms with van der Waals surface area (Å²) in [6, 6.07) is 12.8. The molecule has 3 heterocycles. The van der Waals surface area contributed by atoms with E-state index in [0.717, 1.165) is 56.7 Å². The number of nitrogens with one attached hydrogen (secondary N) is 1. The van der Waals surface area contributed by atoms with Crippen LogP contribution in [-0.4, -0.2) is 55.7 Å². The number of anilines is 1. The van der Waals surface area contributed by atoms with Crippen LogP contribution in [0.4, 0.5) is 5.82 Å². The minimum atomic E-state index is 0.530. The van der Waals surface area contributed by atoms with E-state index in [2.05, 4.69) is 63.4 Å². The first kappa shape index (κ1) is 20.5. The van der Waals surface area contributed by atoms with E-state index in [1.54, 1.807) is 7.11 Å². The number of pyridine rings is 1. The summed E-state index contributed by atoms with van der Waals surface area (Å²) in [4.78, 5) is 14.3. The van der Waals surface area contributed by atoms with Crippen LogP contribution in [0.25, 0.3) is 0 Å². The highest BCUT2D eigenvalue weighted by Crippen LogP contribution is 2.28. The van der Waals surface area contributed by atoms with Crippen molar-refractivity contribution in [3.05, 3.63) is 53.7 Å². The van der Waals surface area contributed by atoms with Gasteiger partial charge in [0.1, 0.15) is 11.6 Å². The third-order valence-electron chi connectivity index (χ3n) is 6.06. The van der Waals surface area contributed by atoms with E-state index < -0.39 is 0 Å². The topological polar surface area (TPSA) is 53.0 Å². The molecule has 0 radical (unpaired) electrons. The van der Waals surface area contributed by atoms with Gasteiger partial charge in [0.05, 0.1) is 13.7 Å². The average Bonchev–Trinajstić information content (AvgIpc) is 3.50. The number of aromatic nitrogens is 1. The fourth-order valence-corrected chi connectivity index (χ4v) is 4.37. The number of hydrogen-bond acceptors (Lipinski definition) is 4. The minimum Gasteiger partial charge on any atom is -0.497 e. The van der Waals surface area contributed by atoms with Crippen LogP contribution in [-0.2, 0) is 6.54 Å². The molecular formula is C24H33N5O. The van der Waals surface area contributed by atoms with Crippen molar-refractivity contribution >= 4 is 11.8 Å². The molecule has 0 amide bonds. The van der Waals surface area contributed by atoms with Gasteiger partial charge in [0.15, 0.2) is 5.96 Å². The van der Waals surface area contributed by atoms with E-state index >= 15 is 0 Å². The summed E-state index contributed by atoms with van der Waals surface area (Å²) in [6.45, 7) is 7.93. The number of guanidine groups is 1. The molecule has 2 fully saturated rings. The molecule has 1 aromatic heterocycles. The predicted octanol–water partition coefficient (Wildman–Crippen LogP) is 3.65. The fourth-order valence-electron chi connectivity index (χ4n) is 4.37. The van der Waals surface area contributed by atoms with Crippen LogP contribution in [0.15, 0.2) is 47.6 Å². The SMILES string of the molecule is CCNC(=NCc1ccnc(N2CCCC2)c1)N1CCC(c2ccc(OC)cc2)C1. The summed E-state index contributed by atoms with van der Waals surface area (Å²) in [7, 11) is 1.71. The van der Waals surface area contributed by atoms with Crippen molar-refractivity contribution < 1.29 is 4.74 Å². The number of methoxy groups -OCH3 is 1. The van der Waals surface area contributed by atoms with Crippen molar-refractivity contribution in [2.45, 2.75) is 38.6 Å². The Kier molecular flexibility index (Phi) is 6.72. The molecular weight excluding hydrogens is 374 g/mol. The molecule has 0 aliphatic carbocycles. The molecule has 160 valence electrons. The second-order valence-electron chi connectivity index (χ2n) is 8.09. The molecule has 6 heteroatoms. The molecule has 1 N–H and O–H groups in total. The third kappa shape index (κ3) is 4.86. The smallest absolute Gasteiger partial charge is 0.194 e. The van der Waals surface area contributed by atoms with Gasteiger partial charge < -0.3 is 19.9 Å². The number of nitrogens with zero attached hydrogens (tertiary/aromatic N) is 4. The summed E-state index contributed by atoms with van der Waals surface area (Å²) < 4.78 is 5.29. The molecule has 1 atom stereocenters. The van der Waals surface area contributed by atoms with Crippen molar-refractivity contribution in [1.29, 1.82) is 0 Å². The molecule has 1 unspecified atom stereocenters. The molecule has 30 heavy (non-hydrogen) atoms. The lowest BCUT2D eigenvalue weighted by Gasteiger charge is -2.22. The molecule has 0 bridgehead atoms. The molecule has 4 rings (SSSR count). The highest BCUT2D eigenvalue weighted by molar-refractivity contribution is 5.80. The van der Waals surface area contributed by atoms with Gasteiger partial charge in [0, 0.05) is 44.8 Å². The molecule has 6 nitrogen and oxygen atoms in total. The van der Waals surface area contributed by atoms with E-state index in [1.807, 2.05) is 6.20 Å². The Morgan fingerprint density at radius 2 is 1.97 bits per heavy atom. The summed E-state index contributed by atoms with van der Waals surface area (Å²) in [5.41, 5.74) is 2.59. The highest BCUT2D eigenvalue weighted by Gasteiger charge is 2.26. The summed E-state index contributed by atoms with van der Waals surface area (Å²) in [6.07, 6.45) is 5.59. The fraction of sp³-hybridized carbons (Fsp3) is 0.500. The summed E-state index contributed by atoms with van der Waals surface area (Å²) >= 11 is 0. The Labute approximate surface area is 180 Å². The van der Waals surface area contributed by atoms with Gasteiger partial charge in [-0.1, -0.05) is 12.1 Å². The lowest BCUT2D eigenvalue weighted by molar-refractivity contribution is 0.414. The Bertz CT molecular complexity index is 845. The lowest BCUT2D eigenvalue weighted by Crippen LogP contribution is -2.40. The first-order chi connectivity index (χ1) is 14.8. The van der Waals surface area contributed by atoms with Gasteiger partial charge in [-0.25, -0.2) is 9.98 Å². The monoisotopic (exact) mass is 407 g/mol. The second-order valence-corrected chi connectivity index (χ2v) is 8.09. The molecule has 2 aliphatic rings. The van der Waals surface area contributed by atoms with E-state index in [9.17, 15) is 0 Å². The Balaban J connectivity index is 1.42. The molecule has 0 saturated carbocycles. The number of likely N-dealkylation sites (tertiary alicyclic amines) is 1. The Morgan fingerprint density at radius 1 is 1.17 bits per heavy atom. The predicted molar refractivity (Wildman–Crippen MR) is 122 cm³/mol. The van der Waals surface area contributed by atoms with Crippen molar-refractivity contribution in [3.63, 3.8) is 0 Å². The van der Waals surface area contributed by atoms with Gasteiger partial charge >= 0.3 is 0 Å². The van der Waals surface area contributed by atoms with Crippen LogP contribution in [0.2, 0.25) is 0 Å². The van der Waals surface area contributed by atoms with Gasteiger partial charge in [0.2, 0.25) is 0 Å². The van der Waals surface area contributed by atoms with Crippen LogP contribution in [0, 0.1) is 0 Å². The summed E-state index contributed by atoms with van der Waals surface area (Å²) in [5, 5.41) is 3.48. The lowest BCUT2D eigenvalue weighted by atomic mass is 9.98. The zero-order chi connectivity index (χ0) is 20.8. The first-order valence-electron chi connectivity index (χ1n) is 11.1. The molecule has 1 aromatic carbocycles. The third-order valence-corrected chi connectivity index (χ3v) is 6.06. The highest BCUT2D eigenvalue weighted by atomic mass is 16.5. The van der Waals surface area contributed by atoms with Crippen LogP contribution < -0.4 is 15.0 Å². The maximum absolute atomic E-state index is 5.29. The van der Waals surface area contributed by atoms with E-state index in [0.29, 0.717) is 12.5 Å². The Hall–Kier alpha value is -2.76. The molecule has 0 spiro atoms. The van der Waals surface area contributed by atoms with Crippen molar-refractivity contribution in [3.8, 4) is 5.75 Å². The van der Waals surface area contributed by atoms with Crippen molar-refractivity contribution in [2.24, 2.45) is 4.99 Å². The van der Waals surface area contributed by atoms with Crippen LogP contribution in [0.1, 0.15) is 43.2 Å². The quantitative estimate of drug-likeness (QED) is 0.585. The number of rotatable bonds is 6. The van der Waals surface area contributed by atoms with Crippen molar-refractivity contribution in [1.82, 2.24) is 15.2 Å². The number of ether oxygens (including phenoxy) is 1. The molecule has 2 saturated heterocycles. The summed E-state index contributed by atoms with van der Waals surface area (Å²) in [5.74, 6) is 3.54. The number of hydrogen-bond donors (Lipinski definition) is 1. The maximum atomic E-state index is 5.29.